The first-order valence-electron chi connectivity index (χ1n) is 7.73. The molecule has 1 fully saturated rings. The van der Waals surface area contributed by atoms with Gasteiger partial charge < -0.3 is 14.8 Å². The average molecular weight is 309 g/mol. The minimum atomic E-state index is -0.160. The minimum absolute atomic E-state index is 0.160. The Labute approximate surface area is 135 Å². The van der Waals surface area contributed by atoms with Gasteiger partial charge in [-0.1, -0.05) is 30.3 Å². The molecule has 1 unspecified atom stereocenters. The summed E-state index contributed by atoms with van der Waals surface area (Å²) in [5.41, 5.74) is 1.59. The maximum atomic E-state index is 12.2. The number of carbonyl (C=O) groups excluding carboxylic acids is 1. The van der Waals surface area contributed by atoms with E-state index in [0.29, 0.717) is 24.7 Å². The third-order valence-electron chi connectivity index (χ3n) is 4.05. The predicted octanol–water partition coefficient (Wildman–Crippen LogP) is 1.46. The van der Waals surface area contributed by atoms with Crippen LogP contribution in [0.5, 0.6) is 0 Å². The Morgan fingerprint density at radius 3 is 2.96 bits per heavy atom. The molecule has 118 valence electrons. The lowest BCUT2D eigenvalue weighted by Gasteiger charge is -2.10. The van der Waals surface area contributed by atoms with E-state index in [9.17, 15) is 4.79 Å². The third-order valence-corrected chi connectivity index (χ3v) is 4.05. The number of nitrogens with one attached hydrogen (secondary N) is 1. The molecule has 1 N–H and O–H groups in total. The first kappa shape index (κ1) is 15.1. The molecule has 0 spiro atoms. The van der Waals surface area contributed by atoms with Crippen LogP contribution in [0.1, 0.15) is 22.5 Å². The monoisotopic (exact) mass is 309 g/mol. The summed E-state index contributed by atoms with van der Waals surface area (Å²) in [5, 5.41) is 11.8. The summed E-state index contributed by atoms with van der Waals surface area (Å²) < 4.78 is 1.90. The highest BCUT2D eigenvalue weighted by atomic mass is 16.1. The van der Waals surface area contributed by atoms with Gasteiger partial charge in [-0.05, 0) is 17.9 Å². The summed E-state index contributed by atoms with van der Waals surface area (Å²) >= 11 is 0. The number of hydrogen-bond donors (Lipinski definition) is 1. The smallest absolute Gasteiger partial charge is 0.271 e. The zero-order valence-corrected chi connectivity index (χ0v) is 12.9. The van der Waals surface area contributed by atoms with Gasteiger partial charge in [0.2, 0.25) is 0 Å². The maximum Gasteiger partial charge on any atom is 0.271 e. The Bertz CT molecular complexity index is 703. The summed E-state index contributed by atoms with van der Waals surface area (Å²) in [6.07, 6.45) is 6.52. The molecule has 1 aliphatic rings. The first-order chi connectivity index (χ1) is 11.2. The van der Waals surface area contributed by atoms with Gasteiger partial charge in [-0.15, -0.1) is 0 Å². The van der Waals surface area contributed by atoms with Crippen molar-refractivity contribution in [3.8, 4) is 6.19 Å². The number of imidazole rings is 1. The minimum Gasteiger partial charge on any atom is -0.350 e. The van der Waals surface area contributed by atoms with Crippen molar-refractivity contribution in [1.29, 1.82) is 5.26 Å². The van der Waals surface area contributed by atoms with E-state index in [4.69, 9.17) is 5.26 Å². The highest BCUT2D eigenvalue weighted by molar-refractivity contribution is 5.92. The van der Waals surface area contributed by atoms with Gasteiger partial charge >= 0.3 is 0 Å². The third kappa shape index (κ3) is 3.89. The summed E-state index contributed by atoms with van der Waals surface area (Å²) in [5.74, 6) is 0.178. The molecule has 1 amide bonds. The zero-order valence-electron chi connectivity index (χ0n) is 12.9. The van der Waals surface area contributed by atoms with Gasteiger partial charge in [-0.2, -0.15) is 5.26 Å². The normalized spacial score (nSPS) is 17.0. The van der Waals surface area contributed by atoms with Crippen molar-refractivity contribution >= 4 is 5.91 Å². The van der Waals surface area contributed by atoms with E-state index in [1.807, 2.05) is 34.9 Å². The van der Waals surface area contributed by atoms with E-state index < -0.39 is 0 Å². The molecule has 1 aliphatic heterocycles. The lowest BCUT2D eigenvalue weighted by molar-refractivity contribution is 0.0943. The Kier molecular flexibility index (Phi) is 4.57. The topological polar surface area (TPSA) is 74.0 Å². The number of nitriles is 1. The van der Waals surface area contributed by atoms with Crippen LogP contribution < -0.4 is 5.32 Å². The first-order valence-corrected chi connectivity index (χ1v) is 7.73. The molecule has 1 saturated heterocycles. The van der Waals surface area contributed by atoms with Gasteiger partial charge in [0.1, 0.15) is 5.69 Å². The van der Waals surface area contributed by atoms with Gasteiger partial charge in [0.25, 0.3) is 5.91 Å². The van der Waals surface area contributed by atoms with Crippen molar-refractivity contribution in [2.45, 2.75) is 13.0 Å². The van der Waals surface area contributed by atoms with Crippen molar-refractivity contribution in [3.63, 3.8) is 0 Å². The molecule has 23 heavy (non-hydrogen) atoms. The number of rotatable bonds is 5. The fraction of sp³-hybridized carbons (Fsp3) is 0.353. The van der Waals surface area contributed by atoms with Crippen LogP contribution in [0.3, 0.4) is 0 Å². The van der Waals surface area contributed by atoms with Crippen molar-refractivity contribution < 1.29 is 4.79 Å². The van der Waals surface area contributed by atoms with Gasteiger partial charge in [-0.3, -0.25) is 4.79 Å². The largest absolute Gasteiger partial charge is 0.350 e. The Hall–Kier alpha value is -2.81. The van der Waals surface area contributed by atoms with E-state index in [0.717, 1.165) is 19.5 Å². The van der Waals surface area contributed by atoms with Gasteiger partial charge in [0.15, 0.2) is 6.19 Å². The molecule has 1 atom stereocenters. The summed E-state index contributed by atoms with van der Waals surface area (Å²) in [4.78, 5) is 18.1. The van der Waals surface area contributed by atoms with E-state index in [-0.39, 0.29) is 5.91 Å². The highest BCUT2D eigenvalue weighted by Crippen LogP contribution is 2.14. The van der Waals surface area contributed by atoms with Gasteiger partial charge in [0, 0.05) is 32.4 Å². The molecule has 2 heterocycles. The lowest BCUT2D eigenvalue weighted by atomic mass is 10.1. The van der Waals surface area contributed by atoms with Crippen LogP contribution in [0.25, 0.3) is 0 Å². The Morgan fingerprint density at radius 2 is 2.22 bits per heavy atom. The fourth-order valence-electron chi connectivity index (χ4n) is 2.78. The zero-order chi connectivity index (χ0) is 16.1. The number of hydrogen-bond acceptors (Lipinski definition) is 4. The van der Waals surface area contributed by atoms with Crippen LogP contribution in [-0.4, -0.2) is 40.0 Å². The summed E-state index contributed by atoms with van der Waals surface area (Å²) in [6, 6.07) is 10.0. The molecule has 0 bridgehead atoms. The van der Waals surface area contributed by atoms with Crippen molar-refractivity contribution in [2.75, 3.05) is 19.6 Å². The second-order valence-electron chi connectivity index (χ2n) is 5.83. The van der Waals surface area contributed by atoms with Crippen LogP contribution in [-0.2, 0) is 6.54 Å². The molecule has 0 aliphatic carbocycles. The number of amides is 1. The van der Waals surface area contributed by atoms with Crippen LogP contribution in [0.15, 0.2) is 42.9 Å². The van der Waals surface area contributed by atoms with E-state index in [2.05, 4.69) is 16.5 Å². The van der Waals surface area contributed by atoms with Crippen LogP contribution in [0.4, 0.5) is 0 Å². The van der Waals surface area contributed by atoms with Gasteiger partial charge in [0.05, 0.1) is 6.33 Å². The molecule has 1 aromatic carbocycles. The fourth-order valence-corrected chi connectivity index (χ4v) is 2.78. The maximum absolute atomic E-state index is 12.2. The number of carbonyl (C=O) groups is 1. The molecule has 0 radical (unpaired) electrons. The van der Waals surface area contributed by atoms with Crippen LogP contribution >= 0.6 is 0 Å². The van der Waals surface area contributed by atoms with Crippen LogP contribution in [0.2, 0.25) is 0 Å². The van der Waals surface area contributed by atoms with Crippen molar-refractivity contribution in [3.05, 3.63) is 54.1 Å². The molecular formula is C17H19N5O. The molecule has 0 saturated carbocycles. The lowest BCUT2D eigenvalue weighted by Crippen LogP contribution is -2.30. The quantitative estimate of drug-likeness (QED) is 0.849. The highest BCUT2D eigenvalue weighted by Gasteiger charge is 2.22. The van der Waals surface area contributed by atoms with Gasteiger partial charge in [-0.25, -0.2) is 4.98 Å². The Morgan fingerprint density at radius 1 is 1.39 bits per heavy atom. The molecule has 2 aromatic rings. The van der Waals surface area contributed by atoms with Crippen LogP contribution in [0, 0.1) is 17.4 Å². The molecule has 6 heteroatoms. The molecular weight excluding hydrogens is 290 g/mol. The van der Waals surface area contributed by atoms with E-state index >= 15 is 0 Å². The van der Waals surface area contributed by atoms with E-state index in [1.165, 1.54) is 5.56 Å². The van der Waals surface area contributed by atoms with Crippen molar-refractivity contribution in [2.24, 2.45) is 5.92 Å². The Balaban J connectivity index is 1.51. The predicted molar refractivity (Wildman–Crippen MR) is 85.4 cm³/mol. The second-order valence-corrected chi connectivity index (χ2v) is 5.83. The number of benzene rings is 1. The SMILES string of the molecule is N#CN1CCC(CNC(=O)c2cn(Cc3ccccc3)cn2)C1. The second kappa shape index (κ2) is 6.97. The van der Waals surface area contributed by atoms with Crippen molar-refractivity contribution in [1.82, 2.24) is 19.8 Å². The average Bonchev–Trinajstić information content (AvgIpc) is 3.23. The number of likely N-dealkylation sites (tertiary alicyclic amines) is 1. The number of aromatic nitrogens is 2. The summed E-state index contributed by atoms with van der Waals surface area (Å²) in [6.45, 7) is 2.78. The molecule has 3 rings (SSSR count). The standard InChI is InChI=1S/C17H19N5O/c18-12-21-7-6-15(10-21)8-19-17(23)16-11-22(13-20-16)9-14-4-2-1-3-5-14/h1-5,11,13,15H,6-10H2,(H,19,23). The van der Waals surface area contributed by atoms with E-state index in [1.54, 1.807) is 17.4 Å². The molecule has 1 aromatic heterocycles. The summed E-state index contributed by atoms with van der Waals surface area (Å²) in [7, 11) is 0. The molecule has 6 nitrogen and oxygen atoms in total. The number of nitrogens with zero attached hydrogens (tertiary/aromatic N) is 4.